The lowest BCUT2D eigenvalue weighted by atomic mass is 10.1. The average molecular weight is 245 g/mol. The maximum absolute atomic E-state index is 10.4. The molecule has 0 fully saturated rings. The molecule has 0 saturated heterocycles. The monoisotopic (exact) mass is 244 g/mol. The fourth-order valence-electron chi connectivity index (χ4n) is 1.75. The number of carbonyl (C=O) groups is 1. The van der Waals surface area contributed by atoms with E-state index in [4.69, 9.17) is 11.6 Å². The Kier molecular flexibility index (Phi) is 12.5. The van der Waals surface area contributed by atoms with Gasteiger partial charge in [0.05, 0.1) is 0 Å². The van der Waals surface area contributed by atoms with Gasteiger partial charge in [-0.15, -0.1) is 0 Å². The van der Waals surface area contributed by atoms with E-state index in [9.17, 15) is 4.79 Å². The largest absolute Gasteiger partial charge is 0.276 e. The molecule has 0 atom stereocenters. The van der Waals surface area contributed by atoms with Crippen molar-refractivity contribution >= 4 is 16.8 Å². The first-order chi connectivity index (χ1) is 7.77. The number of allylic oxidation sites excluding steroid dienone is 2. The molecule has 0 rings (SSSR count). The van der Waals surface area contributed by atoms with Crippen molar-refractivity contribution in [3.05, 3.63) is 12.2 Å². The van der Waals surface area contributed by atoms with Gasteiger partial charge in [0.25, 0.3) is 0 Å². The van der Waals surface area contributed by atoms with Crippen molar-refractivity contribution in [3.63, 3.8) is 0 Å². The summed E-state index contributed by atoms with van der Waals surface area (Å²) in [4.78, 5) is 10.4. The third kappa shape index (κ3) is 13.7. The summed E-state index contributed by atoms with van der Waals surface area (Å²) >= 11 is 5.18. The molecule has 0 aliphatic rings. The zero-order chi connectivity index (χ0) is 12.1. The molecule has 0 N–H and O–H groups in total. The van der Waals surface area contributed by atoms with E-state index in [1.54, 1.807) is 0 Å². The van der Waals surface area contributed by atoms with Gasteiger partial charge in [-0.25, -0.2) is 0 Å². The third-order valence-electron chi connectivity index (χ3n) is 2.72. The summed E-state index contributed by atoms with van der Waals surface area (Å²) < 4.78 is 0. The first kappa shape index (κ1) is 15.7. The summed E-state index contributed by atoms with van der Waals surface area (Å²) in [6.45, 7) is 2.25. The smallest absolute Gasteiger partial charge is 0.244 e. The molecule has 0 amide bonds. The van der Waals surface area contributed by atoms with Crippen LogP contribution >= 0.6 is 11.6 Å². The van der Waals surface area contributed by atoms with Crippen LogP contribution in [0.2, 0.25) is 0 Å². The van der Waals surface area contributed by atoms with Crippen molar-refractivity contribution in [2.45, 2.75) is 71.1 Å². The second-order valence-electron chi connectivity index (χ2n) is 4.32. The van der Waals surface area contributed by atoms with Gasteiger partial charge in [0.1, 0.15) is 0 Å². The zero-order valence-electron chi connectivity index (χ0n) is 10.5. The second kappa shape index (κ2) is 12.8. The van der Waals surface area contributed by atoms with Crippen LogP contribution in [0.3, 0.4) is 0 Å². The van der Waals surface area contributed by atoms with Crippen molar-refractivity contribution in [2.24, 2.45) is 0 Å². The van der Waals surface area contributed by atoms with Crippen molar-refractivity contribution < 1.29 is 4.79 Å². The van der Waals surface area contributed by atoms with Gasteiger partial charge in [-0.05, 0) is 30.5 Å². The van der Waals surface area contributed by atoms with Crippen LogP contribution in [0.15, 0.2) is 12.2 Å². The molecule has 2 heteroatoms. The van der Waals surface area contributed by atoms with E-state index in [0.717, 1.165) is 6.42 Å². The average Bonchev–Trinajstić information content (AvgIpc) is 2.25. The maximum Gasteiger partial charge on any atom is 0.244 e. The molecule has 16 heavy (non-hydrogen) atoms. The molecule has 94 valence electrons. The lowest BCUT2D eigenvalue weighted by molar-refractivity contribution is -0.107. The van der Waals surface area contributed by atoms with Gasteiger partial charge in [0, 0.05) is 0 Å². The first-order valence-electron chi connectivity index (χ1n) is 6.63. The lowest BCUT2D eigenvalue weighted by Gasteiger charge is -2.00. The highest BCUT2D eigenvalue weighted by molar-refractivity contribution is 6.66. The first-order valence-corrected chi connectivity index (χ1v) is 7.01. The van der Waals surface area contributed by atoms with Crippen LogP contribution in [-0.2, 0) is 4.79 Å². The third-order valence-corrected chi connectivity index (χ3v) is 2.85. The van der Waals surface area contributed by atoms with Crippen LogP contribution < -0.4 is 0 Å². The zero-order valence-corrected chi connectivity index (χ0v) is 11.3. The highest BCUT2D eigenvalue weighted by Gasteiger charge is 1.91. The summed E-state index contributed by atoms with van der Waals surface area (Å²) in [7, 11) is 0. The Morgan fingerprint density at radius 1 is 0.938 bits per heavy atom. The SMILES string of the molecule is CCCCCCCCCCC/C=C/C(=O)Cl. The van der Waals surface area contributed by atoms with Crippen molar-refractivity contribution in [3.8, 4) is 0 Å². The van der Waals surface area contributed by atoms with E-state index in [2.05, 4.69) is 6.92 Å². The van der Waals surface area contributed by atoms with Gasteiger partial charge in [0.15, 0.2) is 0 Å². The molecule has 0 unspecified atom stereocenters. The lowest BCUT2D eigenvalue weighted by Crippen LogP contribution is -1.81. The van der Waals surface area contributed by atoms with Crippen molar-refractivity contribution in [1.29, 1.82) is 0 Å². The van der Waals surface area contributed by atoms with Gasteiger partial charge in [0.2, 0.25) is 5.24 Å². The molecule has 0 aromatic rings. The molecule has 0 aromatic carbocycles. The minimum Gasteiger partial charge on any atom is -0.276 e. The summed E-state index contributed by atoms with van der Waals surface area (Å²) in [6, 6.07) is 0. The topological polar surface area (TPSA) is 17.1 Å². The molecule has 0 aliphatic carbocycles. The van der Waals surface area contributed by atoms with E-state index >= 15 is 0 Å². The molecule has 1 nitrogen and oxygen atoms in total. The number of hydrogen-bond donors (Lipinski definition) is 0. The molecule has 0 spiro atoms. The van der Waals surface area contributed by atoms with Gasteiger partial charge in [-0.3, -0.25) is 4.79 Å². The van der Waals surface area contributed by atoms with E-state index < -0.39 is 0 Å². The van der Waals surface area contributed by atoms with Crippen LogP contribution in [0.1, 0.15) is 71.1 Å². The Hall–Kier alpha value is -0.300. The van der Waals surface area contributed by atoms with Crippen molar-refractivity contribution in [2.75, 3.05) is 0 Å². The van der Waals surface area contributed by atoms with E-state index in [0.29, 0.717) is 0 Å². The van der Waals surface area contributed by atoms with Gasteiger partial charge in [-0.1, -0.05) is 64.4 Å². The van der Waals surface area contributed by atoms with Crippen LogP contribution in [0.5, 0.6) is 0 Å². The molecule has 0 aliphatic heterocycles. The molecular weight excluding hydrogens is 220 g/mol. The molecule has 0 saturated carbocycles. The summed E-state index contributed by atoms with van der Waals surface area (Å²) in [5, 5.41) is -0.365. The summed E-state index contributed by atoms with van der Waals surface area (Å²) in [5.74, 6) is 0. The Morgan fingerprint density at radius 3 is 1.94 bits per heavy atom. The van der Waals surface area contributed by atoms with Crippen molar-refractivity contribution in [1.82, 2.24) is 0 Å². The van der Waals surface area contributed by atoms with Gasteiger partial charge >= 0.3 is 0 Å². The van der Waals surface area contributed by atoms with E-state index in [1.807, 2.05) is 6.08 Å². The van der Waals surface area contributed by atoms with Crippen LogP contribution in [0, 0.1) is 0 Å². The van der Waals surface area contributed by atoms with Gasteiger partial charge < -0.3 is 0 Å². The number of rotatable bonds is 11. The summed E-state index contributed by atoms with van der Waals surface area (Å²) in [6.07, 6.45) is 16.3. The van der Waals surface area contributed by atoms with E-state index in [1.165, 1.54) is 63.9 Å². The van der Waals surface area contributed by atoms with Crippen LogP contribution in [-0.4, -0.2) is 5.24 Å². The number of hydrogen-bond acceptors (Lipinski definition) is 1. The highest BCUT2D eigenvalue weighted by atomic mass is 35.5. The molecular formula is C14H25ClO. The Morgan fingerprint density at radius 2 is 1.44 bits per heavy atom. The predicted molar refractivity (Wildman–Crippen MR) is 71.8 cm³/mol. The normalized spacial score (nSPS) is 11.1. The Balaban J connectivity index is 3.01. The molecule has 0 radical (unpaired) electrons. The van der Waals surface area contributed by atoms with Crippen LogP contribution in [0.25, 0.3) is 0 Å². The predicted octanol–water partition coefficient (Wildman–Crippen LogP) is 5.23. The highest BCUT2D eigenvalue weighted by Crippen LogP contribution is 2.10. The summed E-state index contributed by atoms with van der Waals surface area (Å²) in [5.41, 5.74) is 0. The quantitative estimate of drug-likeness (QED) is 0.276. The fourth-order valence-corrected chi connectivity index (χ4v) is 1.84. The molecule has 0 heterocycles. The number of carbonyl (C=O) groups excluding carboxylic acids is 1. The molecule has 0 aromatic heterocycles. The second-order valence-corrected chi connectivity index (χ2v) is 4.70. The Bertz CT molecular complexity index is 187. The Labute approximate surface area is 105 Å². The molecule has 0 bridgehead atoms. The fraction of sp³-hybridized carbons (Fsp3) is 0.786. The minimum atomic E-state index is -0.365. The van der Waals surface area contributed by atoms with E-state index in [-0.39, 0.29) is 5.24 Å². The standard InChI is InChI=1S/C14H25ClO/c1-2-3-4-5-6-7-8-9-10-11-12-13-14(15)16/h12-13H,2-11H2,1H3/b13-12+. The van der Waals surface area contributed by atoms with Gasteiger partial charge in [-0.2, -0.15) is 0 Å². The van der Waals surface area contributed by atoms with Crippen LogP contribution in [0.4, 0.5) is 0 Å². The number of halogens is 1. The minimum absolute atomic E-state index is 0.365. The maximum atomic E-state index is 10.4. The number of unbranched alkanes of at least 4 members (excludes halogenated alkanes) is 9.